The van der Waals surface area contributed by atoms with Crippen LogP contribution in [-0.4, -0.2) is 33.1 Å². The molecule has 0 aliphatic heterocycles. The van der Waals surface area contributed by atoms with Crippen molar-refractivity contribution in [2.24, 2.45) is 23.2 Å². The molecule has 0 bridgehead atoms. The maximum Gasteiger partial charge on any atom is 0.0811 e. The monoisotopic (exact) mass is 416 g/mol. The lowest BCUT2D eigenvalue weighted by Gasteiger charge is -2.47. The highest BCUT2D eigenvalue weighted by Crippen LogP contribution is 2.60. The Morgan fingerprint density at radius 1 is 1.23 bits per heavy atom. The third-order valence-corrected chi connectivity index (χ3v) is 8.44. The molecule has 0 aromatic heterocycles. The second-order valence-corrected chi connectivity index (χ2v) is 11.3. The predicted octanol–water partition coefficient (Wildman–Crippen LogP) is 5.70. The molecule has 0 heterocycles. The number of fused-ring (bicyclic) bond motifs is 1. The molecule has 3 aliphatic carbocycles. The molecule has 0 saturated heterocycles. The molecule has 3 saturated carbocycles. The van der Waals surface area contributed by atoms with Crippen LogP contribution in [0.4, 0.5) is 0 Å². The third-order valence-electron chi connectivity index (χ3n) is 8.44. The Labute approximate surface area is 184 Å². The first-order valence-electron chi connectivity index (χ1n) is 12.2. The lowest BCUT2D eigenvalue weighted by Crippen LogP contribution is -2.45. The average molecular weight is 417 g/mol. The van der Waals surface area contributed by atoms with Gasteiger partial charge >= 0.3 is 0 Å². The van der Waals surface area contributed by atoms with Gasteiger partial charge in [-0.3, -0.25) is 0 Å². The van der Waals surface area contributed by atoms with Gasteiger partial charge in [-0.25, -0.2) is 0 Å². The first-order valence-corrected chi connectivity index (χ1v) is 12.2. The van der Waals surface area contributed by atoms with Crippen LogP contribution in [0.15, 0.2) is 35.5 Å². The molecule has 170 valence electrons. The number of aliphatic hydroxyl groups excluding tert-OH is 2. The first kappa shape index (κ1) is 23.8. The largest absolute Gasteiger partial charge is 0.393 e. The van der Waals surface area contributed by atoms with Crippen LogP contribution in [0.5, 0.6) is 0 Å². The zero-order valence-corrected chi connectivity index (χ0v) is 19.7. The van der Waals surface area contributed by atoms with Gasteiger partial charge in [-0.05, 0) is 86.2 Å². The summed E-state index contributed by atoms with van der Waals surface area (Å²) in [4.78, 5) is 0. The Balaban J connectivity index is 1.76. The molecule has 0 spiro atoms. The van der Waals surface area contributed by atoms with E-state index in [1.807, 2.05) is 0 Å². The molecule has 3 nitrogen and oxygen atoms in total. The molecule has 3 rings (SSSR count). The van der Waals surface area contributed by atoms with Gasteiger partial charge in [0, 0.05) is 6.42 Å². The summed E-state index contributed by atoms with van der Waals surface area (Å²) in [7, 11) is 0. The molecule has 0 unspecified atom stereocenters. The predicted molar refractivity (Wildman–Crippen MR) is 124 cm³/mol. The van der Waals surface area contributed by atoms with E-state index < -0.39 is 17.8 Å². The minimum Gasteiger partial charge on any atom is -0.393 e. The van der Waals surface area contributed by atoms with E-state index in [-0.39, 0.29) is 5.41 Å². The quantitative estimate of drug-likeness (QED) is 0.520. The molecule has 0 radical (unpaired) electrons. The van der Waals surface area contributed by atoms with Gasteiger partial charge in [0.25, 0.3) is 0 Å². The van der Waals surface area contributed by atoms with Crippen LogP contribution in [0.2, 0.25) is 0 Å². The third kappa shape index (κ3) is 4.95. The van der Waals surface area contributed by atoms with Crippen LogP contribution >= 0.6 is 0 Å². The number of allylic oxidation sites excluding steroid dienone is 3. The lowest BCUT2D eigenvalue weighted by atomic mass is 9.59. The van der Waals surface area contributed by atoms with Gasteiger partial charge in [0.1, 0.15) is 0 Å². The lowest BCUT2D eigenvalue weighted by molar-refractivity contribution is -0.0657. The summed E-state index contributed by atoms with van der Waals surface area (Å²) in [6.45, 7) is 13.1. The van der Waals surface area contributed by atoms with E-state index in [1.54, 1.807) is 0 Å². The number of rotatable bonds is 6. The summed E-state index contributed by atoms with van der Waals surface area (Å²) in [5, 5.41) is 31.6. The topological polar surface area (TPSA) is 60.7 Å². The Kier molecular flexibility index (Phi) is 7.37. The Morgan fingerprint density at radius 2 is 1.97 bits per heavy atom. The molecule has 6 atom stereocenters. The second kappa shape index (κ2) is 9.30. The van der Waals surface area contributed by atoms with Crippen molar-refractivity contribution in [3.63, 3.8) is 0 Å². The molecule has 0 aromatic carbocycles. The van der Waals surface area contributed by atoms with Crippen LogP contribution in [0, 0.1) is 23.2 Å². The fraction of sp³-hybridized carbons (Fsp3) is 0.778. The molecule has 3 heteroatoms. The van der Waals surface area contributed by atoms with Crippen molar-refractivity contribution in [1.82, 2.24) is 0 Å². The molecule has 0 amide bonds. The molecule has 3 aliphatic rings. The zero-order valence-electron chi connectivity index (χ0n) is 19.7. The van der Waals surface area contributed by atoms with Crippen molar-refractivity contribution in [3.8, 4) is 0 Å². The summed E-state index contributed by atoms with van der Waals surface area (Å²) in [5.74, 6) is 1.57. The number of hydrogen-bond donors (Lipinski definition) is 3. The molecular formula is C27H44O3. The molecular weight excluding hydrogens is 372 g/mol. The molecule has 3 N–H and O–H groups in total. The highest BCUT2D eigenvalue weighted by atomic mass is 16.3. The van der Waals surface area contributed by atoms with Crippen molar-refractivity contribution < 1.29 is 15.3 Å². The fourth-order valence-corrected chi connectivity index (χ4v) is 6.77. The van der Waals surface area contributed by atoms with E-state index in [4.69, 9.17) is 0 Å². The summed E-state index contributed by atoms with van der Waals surface area (Å²) < 4.78 is 0. The molecule has 30 heavy (non-hydrogen) atoms. The standard InChI is InChI=1S/C27H44O3/c1-18(2)8-6-15-27(5,30)25-13-12-23-20(9-7-14-26(23,25)4)10-11-21-16-22(28)17-24(29)19(21)3/h10-11,18,22-25,28-30H,3,6-9,12-17H2,1-2,4-5H3/b20-10+,21-11-/t22-,23-,24+,25-,26-,27-/m0/s1. The van der Waals surface area contributed by atoms with Crippen LogP contribution in [-0.2, 0) is 0 Å². The van der Waals surface area contributed by atoms with E-state index in [0.717, 1.165) is 43.3 Å². The smallest absolute Gasteiger partial charge is 0.0811 e. The van der Waals surface area contributed by atoms with Gasteiger partial charge in [-0.15, -0.1) is 0 Å². The van der Waals surface area contributed by atoms with Crippen LogP contribution in [0.3, 0.4) is 0 Å². The Hall–Kier alpha value is -0.900. The van der Waals surface area contributed by atoms with Crippen LogP contribution < -0.4 is 0 Å². The SMILES string of the molecule is C=C1/C(=C\C=C2/CCC[C@@]3(C)[C@H]2CC[C@@H]3[C@@](C)(O)CCCC(C)C)C[C@H](O)C[C@H]1O. The Bertz CT molecular complexity index is 686. The van der Waals surface area contributed by atoms with Crippen molar-refractivity contribution in [2.75, 3.05) is 0 Å². The average Bonchev–Trinajstić information content (AvgIpc) is 3.01. The van der Waals surface area contributed by atoms with E-state index in [9.17, 15) is 15.3 Å². The minimum absolute atomic E-state index is 0.159. The first-order chi connectivity index (χ1) is 14.0. The van der Waals surface area contributed by atoms with Gasteiger partial charge in [0.15, 0.2) is 0 Å². The normalized spacial score (nSPS) is 39.5. The molecule has 0 aromatic rings. The minimum atomic E-state index is -0.633. The van der Waals surface area contributed by atoms with E-state index in [2.05, 4.69) is 46.4 Å². The van der Waals surface area contributed by atoms with Crippen molar-refractivity contribution in [3.05, 3.63) is 35.5 Å². The maximum atomic E-state index is 11.4. The van der Waals surface area contributed by atoms with Gasteiger partial charge in [0.2, 0.25) is 0 Å². The van der Waals surface area contributed by atoms with Gasteiger partial charge in [0.05, 0.1) is 17.8 Å². The fourth-order valence-electron chi connectivity index (χ4n) is 6.77. The maximum absolute atomic E-state index is 11.4. The van der Waals surface area contributed by atoms with Crippen molar-refractivity contribution in [2.45, 2.75) is 110 Å². The van der Waals surface area contributed by atoms with E-state index >= 15 is 0 Å². The highest BCUT2D eigenvalue weighted by molar-refractivity contribution is 5.38. The zero-order chi connectivity index (χ0) is 22.1. The van der Waals surface area contributed by atoms with Gasteiger partial charge in [-0.1, -0.05) is 57.9 Å². The van der Waals surface area contributed by atoms with Crippen molar-refractivity contribution >= 4 is 0 Å². The summed E-state index contributed by atoms with van der Waals surface area (Å²) >= 11 is 0. The summed E-state index contributed by atoms with van der Waals surface area (Å²) in [6.07, 6.45) is 13.1. The van der Waals surface area contributed by atoms with Gasteiger partial charge in [-0.2, -0.15) is 0 Å². The van der Waals surface area contributed by atoms with Crippen molar-refractivity contribution in [1.29, 1.82) is 0 Å². The highest BCUT2D eigenvalue weighted by Gasteiger charge is 2.54. The second-order valence-electron chi connectivity index (χ2n) is 11.3. The summed E-state index contributed by atoms with van der Waals surface area (Å²) in [5.41, 5.74) is 2.79. The molecule has 3 fully saturated rings. The Morgan fingerprint density at radius 3 is 2.67 bits per heavy atom. The van der Waals surface area contributed by atoms with Crippen LogP contribution in [0.1, 0.15) is 91.9 Å². The number of hydrogen-bond acceptors (Lipinski definition) is 3. The van der Waals surface area contributed by atoms with Gasteiger partial charge < -0.3 is 15.3 Å². The summed E-state index contributed by atoms with van der Waals surface area (Å²) in [6, 6.07) is 0. The van der Waals surface area contributed by atoms with Crippen LogP contribution in [0.25, 0.3) is 0 Å². The number of aliphatic hydroxyl groups is 3. The van der Waals surface area contributed by atoms with E-state index in [0.29, 0.717) is 30.6 Å². The van der Waals surface area contributed by atoms with E-state index in [1.165, 1.54) is 24.8 Å².